The van der Waals surface area contributed by atoms with Gasteiger partial charge in [-0.25, -0.2) is 14.4 Å². The van der Waals surface area contributed by atoms with Gasteiger partial charge in [0.1, 0.15) is 23.2 Å². The van der Waals surface area contributed by atoms with Crippen molar-refractivity contribution in [2.24, 2.45) is 0 Å². The molecule has 0 saturated heterocycles. The molecule has 1 amide bonds. The van der Waals surface area contributed by atoms with Crippen LogP contribution >= 0.6 is 0 Å². The lowest BCUT2D eigenvalue weighted by atomic mass is 10.1. The van der Waals surface area contributed by atoms with Crippen LogP contribution in [0.1, 0.15) is 35.7 Å². The molecule has 0 unspecified atom stereocenters. The van der Waals surface area contributed by atoms with Crippen molar-refractivity contribution in [3.05, 3.63) is 83.6 Å². The molecule has 144 valence electrons. The number of aryl methyl sites for hydroxylation is 1. The molecule has 1 N–H and O–H groups in total. The predicted octanol–water partition coefficient (Wildman–Crippen LogP) is 4.72. The van der Waals surface area contributed by atoms with Gasteiger partial charge in [-0.1, -0.05) is 36.4 Å². The number of anilines is 2. The standard InChI is InChI=1S/C22H23FN4O/c1-15(2)27(14-17-8-5-4-6-9-17)22(28)20-13-21(25-16(3)24-20)26-19-11-7-10-18(23)12-19/h4-13,15H,14H2,1-3H3,(H,24,25,26). The molecule has 0 aliphatic rings. The molecule has 0 fully saturated rings. The van der Waals surface area contributed by atoms with Gasteiger partial charge in [-0.2, -0.15) is 0 Å². The Morgan fingerprint density at radius 2 is 1.82 bits per heavy atom. The SMILES string of the molecule is Cc1nc(Nc2cccc(F)c2)cc(C(=O)N(Cc2ccccc2)C(C)C)n1. The summed E-state index contributed by atoms with van der Waals surface area (Å²) in [5.74, 6) is 0.394. The smallest absolute Gasteiger partial charge is 0.273 e. The first-order valence-electron chi connectivity index (χ1n) is 9.15. The first-order valence-corrected chi connectivity index (χ1v) is 9.15. The van der Waals surface area contributed by atoms with Crippen molar-refractivity contribution in [2.45, 2.75) is 33.4 Å². The van der Waals surface area contributed by atoms with Gasteiger partial charge in [-0.15, -0.1) is 0 Å². The number of aromatic nitrogens is 2. The highest BCUT2D eigenvalue weighted by Crippen LogP contribution is 2.18. The Balaban J connectivity index is 1.86. The fourth-order valence-electron chi connectivity index (χ4n) is 2.87. The van der Waals surface area contributed by atoms with E-state index in [9.17, 15) is 9.18 Å². The lowest BCUT2D eigenvalue weighted by Gasteiger charge is -2.26. The molecule has 0 aliphatic heterocycles. The zero-order valence-electron chi connectivity index (χ0n) is 16.2. The molecular weight excluding hydrogens is 355 g/mol. The van der Waals surface area contributed by atoms with Crippen molar-refractivity contribution >= 4 is 17.4 Å². The van der Waals surface area contributed by atoms with Gasteiger partial charge < -0.3 is 10.2 Å². The largest absolute Gasteiger partial charge is 0.340 e. The van der Waals surface area contributed by atoms with Crippen LogP contribution < -0.4 is 5.32 Å². The Kier molecular flexibility index (Phi) is 5.99. The van der Waals surface area contributed by atoms with E-state index < -0.39 is 0 Å². The Labute approximate surface area is 164 Å². The molecule has 0 radical (unpaired) electrons. The van der Waals surface area contributed by atoms with Gasteiger partial charge in [0.25, 0.3) is 5.91 Å². The maximum atomic E-state index is 13.4. The summed E-state index contributed by atoms with van der Waals surface area (Å²) < 4.78 is 13.4. The first-order chi connectivity index (χ1) is 13.4. The van der Waals surface area contributed by atoms with Crippen molar-refractivity contribution in [1.29, 1.82) is 0 Å². The number of halogens is 1. The minimum absolute atomic E-state index is 0.00241. The molecule has 1 aromatic heterocycles. The molecular formula is C22H23FN4O. The molecule has 0 aliphatic carbocycles. The van der Waals surface area contributed by atoms with Crippen molar-refractivity contribution in [2.75, 3.05) is 5.32 Å². The summed E-state index contributed by atoms with van der Waals surface area (Å²) >= 11 is 0. The summed E-state index contributed by atoms with van der Waals surface area (Å²) in [6, 6.07) is 17.5. The van der Waals surface area contributed by atoms with Crippen LogP contribution in [0.3, 0.4) is 0 Å². The summed E-state index contributed by atoms with van der Waals surface area (Å²) in [5, 5.41) is 3.04. The summed E-state index contributed by atoms with van der Waals surface area (Å²) in [7, 11) is 0. The topological polar surface area (TPSA) is 58.1 Å². The fourth-order valence-corrected chi connectivity index (χ4v) is 2.87. The summed E-state index contributed by atoms with van der Waals surface area (Å²) in [4.78, 5) is 23.6. The quantitative estimate of drug-likeness (QED) is 0.674. The van der Waals surface area contributed by atoms with Gasteiger partial charge in [-0.05, 0) is 44.5 Å². The van der Waals surface area contributed by atoms with E-state index in [1.54, 1.807) is 30.0 Å². The molecule has 0 bridgehead atoms. The number of hydrogen-bond acceptors (Lipinski definition) is 4. The summed E-state index contributed by atoms with van der Waals surface area (Å²) in [6.07, 6.45) is 0. The van der Waals surface area contributed by atoms with E-state index in [0.717, 1.165) is 5.56 Å². The molecule has 28 heavy (non-hydrogen) atoms. The molecule has 3 aromatic rings. The van der Waals surface area contributed by atoms with Crippen LogP contribution in [-0.4, -0.2) is 26.8 Å². The van der Waals surface area contributed by atoms with Crippen molar-refractivity contribution in [3.8, 4) is 0 Å². The van der Waals surface area contributed by atoms with Gasteiger partial charge in [0.05, 0.1) is 0 Å². The third-order valence-corrected chi connectivity index (χ3v) is 4.23. The van der Waals surface area contributed by atoms with E-state index in [1.165, 1.54) is 12.1 Å². The lowest BCUT2D eigenvalue weighted by Crippen LogP contribution is -2.37. The van der Waals surface area contributed by atoms with Gasteiger partial charge >= 0.3 is 0 Å². The maximum absolute atomic E-state index is 13.4. The van der Waals surface area contributed by atoms with E-state index in [0.29, 0.717) is 29.6 Å². The normalized spacial score (nSPS) is 10.8. The van der Waals surface area contributed by atoms with Gasteiger partial charge in [0.15, 0.2) is 0 Å². The van der Waals surface area contributed by atoms with Crippen LogP contribution in [0.5, 0.6) is 0 Å². The number of rotatable bonds is 6. The van der Waals surface area contributed by atoms with Gasteiger partial charge in [0.2, 0.25) is 0 Å². The zero-order chi connectivity index (χ0) is 20.1. The second-order valence-corrected chi connectivity index (χ2v) is 6.83. The lowest BCUT2D eigenvalue weighted by molar-refractivity contribution is 0.0684. The van der Waals surface area contributed by atoms with E-state index >= 15 is 0 Å². The van der Waals surface area contributed by atoms with E-state index in [-0.39, 0.29) is 17.8 Å². The molecule has 0 spiro atoms. The summed E-state index contributed by atoms with van der Waals surface area (Å²) in [5.41, 5.74) is 1.91. The number of carbonyl (C=O) groups is 1. The second kappa shape index (κ2) is 8.61. The molecule has 6 heteroatoms. The van der Waals surface area contributed by atoms with Crippen LogP contribution in [0.4, 0.5) is 15.9 Å². The minimum atomic E-state index is -0.346. The van der Waals surface area contributed by atoms with Crippen LogP contribution in [0.15, 0.2) is 60.7 Å². The van der Waals surface area contributed by atoms with Gasteiger partial charge in [0, 0.05) is 24.3 Å². The van der Waals surface area contributed by atoms with Crippen molar-refractivity contribution < 1.29 is 9.18 Å². The second-order valence-electron chi connectivity index (χ2n) is 6.83. The van der Waals surface area contributed by atoms with Crippen molar-refractivity contribution in [3.63, 3.8) is 0 Å². The highest BCUT2D eigenvalue weighted by atomic mass is 19.1. The molecule has 2 aromatic carbocycles. The number of benzene rings is 2. The van der Waals surface area contributed by atoms with E-state index in [4.69, 9.17) is 0 Å². The first kappa shape index (κ1) is 19.5. The van der Waals surface area contributed by atoms with E-state index in [1.807, 2.05) is 44.2 Å². The van der Waals surface area contributed by atoms with E-state index in [2.05, 4.69) is 15.3 Å². The molecule has 0 saturated carbocycles. The monoisotopic (exact) mass is 378 g/mol. The van der Waals surface area contributed by atoms with Crippen LogP contribution in [0.25, 0.3) is 0 Å². The van der Waals surface area contributed by atoms with Crippen LogP contribution in [0.2, 0.25) is 0 Å². The third kappa shape index (κ3) is 4.91. The molecule has 1 heterocycles. The minimum Gasteiger partial charge on any atom is -0.340 e. The average Bonchev–Trinajstić information content (AvgIpc) is 2.66. The maximum Gasteiger partial charge on any atom is 0.273 e. The predicted molar refractivity (Wildman–Crippen MR) is 108 cm³/mol. The molecule has 3 rings (SSSR count). The Morgan fingerprint density at radius 3 is 2.50 bits per heavy atom. The van der Waals surface area contributed by atoms with Gasteiger partial charge in [-0.3, -0.25) is 4.79 Å². The highest BCUT2D eigenvalue weighted by molar-refractivity contribution is 5.93. The fraction of sp³-hybridized carbons (Fsp3) is 0.227. The molecule has 0 atom stereocenters. The number of carbonyl (C=O) groups excluding carboxylic acids is 1. The summed E-state index contributed by atoms with van der Waals surface area (Å²) in [6.45, 7) is 6.17. The third-order valence-electron chi connectivity index (χ3n) is 4.23. The molecule has 5 nitrogen and oxygen atoms in total. The Morgan fingerprint density at radius 1 is 1.07 bits per heavy atom. The van der Waals surface area contributed by atoms with Crippen LogP contribution in [0, 0.1) is 12.7 Å². The Bertz CT molecular complexity index is 960. The Hall–Kier alpha value is -3.28. The number of amides is 1. The number of hydrogen-bond donors (Lipinski definition) is 1. The highest BCUT2D eigenvalue weighted by Gasteiger charge is 2.21. The number of nitrogens with one attached hydrogen (secondary N) is 1. The van der Waals surface area contributed by atoms with Crippen LogP contribution in [-0.2, 0) is 6.54 Å². The average molecular weight is 378 g/mol. The number of nitrogens with zero attached hydrogens (tertiary/aromatic N) is 3. The van der Waals surface area contributed by atoms with Crippen molar-refractivity contribution in [1.82, 2.24) is 14.9 Å². The zero-order valence-corrected chi connectivity index (χ0v) is 16.2.